The first-order valence-electron chi connectivity index (χ1n) is 8.87. The van der Waals surface area contributed by atoms with Crippen molar-refractivity contribution in [3.05, 3.63) is 36.0 Å². The molecule has 2 saturated heterocycles. The van der Waals surface area contributed by atoms with Crippen LogP contribution in [-0.2, 0) is 19.1 Å². The minimum atomic E-state index is -0.907. The van der Waals surface area contributed by atoms with Crippen LogP contribution in [0, 0.1) is 5.92 Å². The van der Waals surface area contributed by atoms with Gasteiger partial charge >= 0.3 is 5.97 Å². The normalized spacial score (nSPS) is 42.0. The number of esters is 1. The number of carbonyl (C=O) groups is 2. The van der Waals surface area contributed by atoms with E-state index < -0.39 is 29.7 Å². The number of aliphatic hydroxyl groups excluding tert-OH is 1. The fraction of sp³-hybridized carbons (Fsp3) is 0.600. The Bertz CT molecular complexity index is 661. The fourth-order valence-corrected chi connectivity index (χ4v) is 3.95. The Morgan fingerprint density at radius 3 is 2.76 bits per heavy atom. The highest BCUT2D eigenvalue weighted by Crippen LogP contribution is 2.41. The molecule has 5 atom stereocenters. The molecule has 2 fully saturated rings. The number of aliphatic hydroxyl groups is 1. The van der Waals surface area contributed by atoms with Crippen molar-refractivity contribution in [2.24, 2.45) is 5.92 Å². The molecule has 0 aromatic heterocycles. The van der Waals surface area contributed by atoms with Crippen LogP contribution in [0.4, 0.5) is 0 Å². The second kappa shape index (κ2) is 6.54. The monoisotopic (exact) mass is 346 g/mol. The molecule has 0 radical (unpaired) electrons. The number of carbonyl (C=O) groups excluding carboxylic acids is 2. The summed E-state index contributed by atoms with van der Waals surface area (Å²) in [6.45, 7) is 11.5. The summed E-state index contributed by atoms with van der Waals surface area (Å²) in [5, 5.41) is 10.8. The van der Waals surface area contributed by atoms with E-state index in [2.05, 4.69) is 13.2 Å². The highest BCUT2D eigenvalue weighted by molar-refractivity contribution is 6.04. The van der Waals surface area contributed by atoms with Gasteiger partial charge in [-0.3, -0.25) is 4.79 Å². The summed E-state index contributed by atoms with van der Waals surface area (Å²) in [4.78, 5) is 24.7. The highest BCUT2D eigenvalue weighted by atomic mass is 16.6. The van der Waals surface area contributed by atoms with E-state index in [9.17, 15) is 14.7 Å². The van der Waals surface area contributed by atoms with Crippen molar-refractivity contribution in [2.75, 3.05) is 0 Å². The zero-order chi connectivity index (χ0) is 18.4. The smallest absolute Gasteiger partial charge is 0.334 e. The van der Waals surface area contributed by atoms with E-state index in [-0.39, 0.29) is 23.9 Å². The molecule has 2 bridgehead atoms. The zero-order valence-electron chi connectivity index (χ0n) is 14.9. The number of rotatable bonds is 0. The molecule has 0 unspecified atom stereocenters. The average molecular weight is 346 g/mol. The standard InChI is InChI=1S/C20H26O5/c1-11-6-5-7-12(2)17(22)18-14(13(3)19(23)24-18)10-16(21)20(4)9-8-15(11)25-20/h7,14-16,18,21H,1,3,5-6,8-10H2,2,4H3/b12-7+/t14-,15+,16+,18+,20-/m0/s1. The Kier molecular flexibility index (Phi) is 4.73. The summed E-state index contributed by atoms with van der Waals surface area (Å²) >= 11 is 0. The van der Waals surface area contributed by atoms with Gasteiger partial charge in [0.2, 0.25) is 0 Å². The molecule has 3 heterocycles. The molecule has 3 rings (SSSR count). The third-order valence-corrected chi connectivity index (χ3v) is 5.82. The van der Waals surface area contributed by atoms with Gasteiger partial charge in [-0.25, -0.2) is 4.79 Å². The Morgan fingerprint density at radius 2 is 2.04 bits per heavy atom. The van der Waals surface area contributed by atoms with Crippen LogP contribution in [0.25, 0.3) is 0 Å². The molecular weight excluding hydrogens is 320 g/mol. The van der Waals surface area contributed by atoms with E-state index in [1.807, 2.05) is 13.0 Å². The Balaban J connectivity index is 1.94. The van der Waals surface area contributed by atoms with Crippen molar-refractivity contribution in [3.8, 4) is 0 Å². The largest absolute Gasteiger partial charge is 0.450 e. The topological polar surface area (TPSA) is 72.8 Å². The second-order valence-electron chi connectivity index (χ2n) is 7.62. The molecule has 5 nitrogen and oxygen atoms in total. The van der Waals surface area contributed by atoms with E-state index in [0.717, 1.165) is 18.4 Å². The number of fused-ring (bicyclic) bond motifs is 3. The van der Waals surface area contributed by atoms with Crippen LogP contribution in [0.3, 0.4) is 0 Å². The molecule has 25 heavy (non-hydrogen) atoms. The van der Waals surface area contributed by atoms with Crippen molar-refractivity contribution < 1.29 is 24.2 Å². The lowest BCUT2D eigenvalue weighted by Crippen LogP contribution is -2.42. The van der Waals surface area contributed by atoms with Crippen molar-refractivity contribution in [1.82, 2.24) is 0 Å². The van der Waals surface area contributed by atoms with Crippen LogP contribution in [0.15, 0.2) is 36.0 Å². The molecule has 0 amide bonds. The Hall–Kier alpha value is -1.72. The minimum Gasteiger partial charge on any atom is -0.450 e. The molecule has 0 aromatic carbocycles. The predicted octanol–water partition coefficient (Wildman–Crippen LogP) is 2.64. The Labute approximate surface area is 148 Å². The van der Waals surface area contributed by atoms with Crippen LogP contribution >= 0.6 is 0 Å². The van der Waals surface area contributed by atoms with Crippen LogP contribution in [0.2, 0.25) is 0 Å². The molecular formula is C20H26O5. The second-order valence-corrected chi connectivity index (χ2v) is 7.62. The maximum absolute atomic E-state index is 12.7. The number of allylic oxidation sites excluding steroid dienone is 1. The maximum atomic E-state index is 12.7. The first kappa shape index (κ1) is 18.1. The fourth-order valence-electron chi connectivity index (χ4n) is 3.95. The lowest BCUT2D eigenvalue weighted by atomic mass is 9.82. The van der Waals surface area contributed by atoms with Gasteiger partial charge in [0.1, 0.15) is 0 Å². The molecule has 0 saturated carbocycles. The van der Waals surface area contributed by atoms with Crippen molar-refractivity contribution in [3.63, 3.8) is 0 Å². The summed E-state index contributed by atoms with van der Waals surface area (Å²) < 4.78 is 11.4. The van der Waals surface area contributed by atoms with Crippen LogP contribution in [0.1, 0.15) is 46.0 Å². The van der Waals surface area contributed by atoms with Gasteiger partial charge in [-0.15, -0.1) is 0 Å². The van der Waals surface area contributed by atoms with Crippen LogP contribution in [0.5, 0.6) is 0 Å². The van der Waals surface area contributed by atoms with Gasteiger partial charge in [0, 0.05) is 11.5 Å². The van der Waals surface area contributed by atoms with E-state index in [0.29, 0.717) is 18.4 Å². The van der Waals surface area contributed by atoms with Gasteiger partial charge in [0.15, 0.2) is 11.9 Å². The van der Waals surface area contributed by atoms with Gasteiger partial charge in [0.05, 0.1) is 17.8 Å². The SMILES string of the molecule is C=C1CC/C=C(\C)C(=O)[C@@H]2OC(=O)C(=C)[C@@H]2C[C@@H](O)[C@]2(C)CC[C@H]1O2. The first-order valence-corrected chi connectivity index (χ1v) is 8.87. The number of Topliss-reactive ketones (excluding diaryl/α,β-unsaturated/α-hetero) is 1. The Morgan fingerprint density at radius 1 is 1.32 bits per heavy atom. The van der Waals surface area contributed by atoms with Gasteiger partial charge < -0.3 is 14.6 Å². The van der Waals surface area contributed by atoms with Crippen LogP contribution in [-0.4, -0.2) is 40.8 Å². The quantitative estimate of drug-likeness (QED) is 0.415. The molecule has 1 N–H and O–H groups in total. The van der Waals surface area contributed by atoms with Gasteiger partial charge in [-0.2, -0.15) is 0 Å². The number of hydrogen-bond acceptors (Lipinski definition) is 5. The third-order valence-electron chi connectivity index (χ3n) is 5.82. The zero-order valence-corrected chi connectivity index (χ0v) is 14.9. The highest BCUT2D eigenvalue weighted by Gasteiger charge is 2.49. The molecule has 0 aliphatic carbocycles. The molecule has 3 aliphatic rings. The molecule has 5 heteroatoms. The number of ether oxygens (including phenoxy) is 2. The summed E-state index contributed by atoms with van der Waals surface area (Å²) in [6.07, 6.45) is 3.20. The summed E-state index contributed by atoms with van der Waals surface area (Å²) in [7, 11) is 0. The number of hydrogen-bond donors (Lipinski definition) is 1. The molecule has 0 aromatic rings. The molecule has 0 spiro atoms. The van der Waals surface area contributed by atoms with E-state index in [1.54, 1.807) is 6.92 Å². The number of ketones is 1. The van der Waals surface area contributed by atoms with Crippen LogP contribution < -0.4 is 0 Å². The lowest BCUT2D eigenvalue weighted by molar-refractivity contribution is -0.146. The van der Waals surface area contributed by atoms with Crippen molar-refractivity contribution >= 4 is 11.8 Å². The van der Waals surface area contributed by atoms with E-state index in [1.165, 1.54) is 0 Å². The molecule has 136 valence electrons. The van der Waals surface area contributed by atoms with E-state index >= 15 is 0 Å². The maximum Gasteiger partial charge on any atom is 0.334 e. The summed E-state index contributed by atoms with van der Waals surface area (Å²) in [6, 6.07) is 0. The van der Waals surface area contributed by atoms with E-state index in [4.69, 9.17) is 9.47 Å². The van der Waals surface area contributed by atoms with Crippen molar-refractivity contribution in [2.45, 2.75) is 69.9 Å². The summed E-state index contributed by atoms with van der Waals surface area (Å²) in [5.41, 5.74) is 1.09. The lowest BCUT2D eigenvalue weighted by Gasteiger charge is -2.32. The molecule has 3 aliphatic heterocycles. The average Bonchev–Trinajstić information content (AvgIpc) is 3.10. The van der Waals surface area contributed by atoms with Gasteiger partial charge in [-0.05, 0) is 57.1 Å². The predicted molar refractivity (Wildman–Crippen MR) is 92.8 cm³/mol. The van der Waals surface area contributed by atoms with Crippen molar-refractivity contribution in [1.29, 1.82) is 0 Å². The third kappa shape index (κ3) is 3.23. The first-order chi connectivity index (χ1) is 11.7. The van der Waals surface area contributed by atoms with Gasteiger partial charge in [0.25, 0.3) is 0 Å². The minimum absolute atomic E-state index is 0.0785. The van der Waals surface area contributed by atoms with Gasteiger partial charge in [-0.1, -0.05) is 19.2 Å². The summed E-state index contributed by atoms with van der Waals surface area (Å²) in [5.74, 6) is -1.30.